The highest BCUT2D eigenvalue weighted by Gasteiger charge is 2.12. The molecule has 1 aromatic heterocycles. The maximum absolute atomic E-state index is 12.2. The van der Waals surface area contributed by atoms with Crippen LogP contribution in [0.25, 0.3) is 16.9 Å². The second-order valence-corrected chi connectivity index (χ2v) is 9.53. The molecule has 0 unspecified atom stereocenters. The lowest BCUT2D eigenvalue weighted by Crippen LogP contribution is -2.34. The molecule has 3 rings (SSSR count). The summed E-state index contributed by atoms with van der Waals surface area (Å²) in [4.78, 5) is 24.3. The van der Waals surface area contributed by atoms with Crippen LogP contribution in [0.2, 0.25) is 0 Å². The largest absolute Gasteiger partial charge is 0.494 e. The van der Waals surface area contributed by atoms with Crippen LogP contribution in [-0.4, -0.2) is 41.0 Å². The van der Waals surface area contributed by atoms with Crippen LogP contribution in [0.3, 0.4) is 0 Å². The van der Waals surface area contributed by atoms with Crippen LogP contribution in [0.15, 0.2) is 65.9 Å². The van der Waals surface area contributed by atoms with Gasteiger partial charge in [0.25, 0.3) is 5.91 Å². The van der Waals surface area contributed by atoms with Crippen molar-refractivity contribution in [2.24, 2.45) is 5.10 Å². The molecule has 2 aromatic carbocycles. The minimum absolute atomic E-state index is 0.109. The van der Waals surface area contributed by atoms with Gasteiger partial charge in [0, 0.05) is 23.7 Å². The number of benzene rings is 2. The van der Waals surface area contributed by atoms with Crippen LogP contribution in [0.1, 0.15) is 77.2 Å². The fourth-order valence-corrected chi connectivity index (χ4v) is 4.07. The molecule has 8 nitrogen and oxygen atoms in total. The van der Waals surface area contributed by atoms with Crippen molar-refractivity contribution in [2.75, 3.05) is 13.2 Å². The van der Waals surface area contributed by atoms with Gasteiger partial charge in [-0.2, -0.15) is 10.2 Å². The molecule has 208 valence electrons. The Kier molecular flexibility index (Phi) is 12.8. The summed E-state index contributed by atoms with van der Waals surface area (Å²) in [6, 6.07) is 17.5. The van der Waals surface area contributed by atoms with Gasteiger partial charge in [0.15, 0.2) is 0 Å². The van der Waals surface area contributed by atoms with Gasteiger partial charge in [-0.25, -0.2) is 10.1 Å². The number of amides is 2. The molecule has 2 N–H and O–H groups in total. The molecular formula is C31H41N5O3. The highest BCUT2D eigenvalue weighted by molar-refractivity contribution is 5.90. The maximum atomic E-state index is 12.2. The second kappa shape index (κ2) is 16.8. The Bertz CT molecular complexity index is 1170. The Morgan fingerprint density at radius 3 is 2.33 bits per heavy atom. The molecule has 0 atom stereocenters. The van der Waals surface area contributed by atoms with Crippen molar-refractivity contribution in [1.82, 2.24) is 20.5 Å². The third kappa shape index (κ3) is 10.4. The van der Waals surface area contributed by atoms with Crippen LogP contribution < -0.4 is 15.5 Å². The number of nitrogens with zero attached hydrogens (tertiary/aromatic N) is 3. The zero-order valence-electron chi connectivity index (χ0n) is 23.2. The summed E-state index contributed by atoms with van der Waals surface area (Å²) < 4.78 is 7.48. The second-order valence-electron chi connectivity index (χ2n) is 9.53. The number of ether oxygens (including phenoxy) is 1. The van der Waals surface area contributed by atoms with Crippen molar-refractivity contribution in [3.63, 3.8) is 0 Å². The topological polar surface area (TPSA) is 97.6 Å². The van der Waals surface area contributed by atoms with Crippen molar-refractivity contribution in [1.29, 1.82) is 0 Å². The van der Waals surface area contributed by atoms with Crippen LogP contribution in [-0.2, 0) is 9.59 Å². The first kappa shape index (κ1) is 29.6. The van der Waals surface area contributed by atoms with E-state index in [1.807, 2.05) is 60.8 Å². The van der Waals surface area contributed by atoms with Gasteiger partial charge in [-0.05, 0) is 49.2 Å². The summed E-state index contributed by atoms with van der Waals surface area (Å²) in [5.74, 6) is 0.314. The van der Waals surface area contributed by atoms with Gasteiger partial charge >= 0.3 is 0 Å². The zero-order chi connectivity index (χ0) is 27.7. The first-order valence-electron chi connectivity index (χ1n) is 14.1. The molecule has 8 heteroatoms. The lowest BCUT2D eigenvalue weighted by atomic mass is 10.1. The van der Waals surface area contributed by atoms with E-state index in [1.165, 1.54) is 25.7 Å². The average Bonchev–Trinajstić information content (AvgIpc) is 3.39. The lowest BCUT2D eigenvalue weighted by molar-refractivity contribution is -0.126. The van der Waals surface area contributed by atoms with E-state index in [0.29, 0.717) is 13.0 Å². The Labute approximate surface area is 231 Å². The van der Waals surface area contributed by atoms with Crippen LogP contribution >= 0.6 is 0 Å². The van der Waals surface area contributed by atoms with E-state index >= 15 is 0 Å². The van der Waals surface area contributed by atoms with E-state index in [-0.39, 0.29) is 18.4 Å². The fourth-order valence-electron chi connectivity index (χ4n) is 4.07. The van der Waals surface area contributed by atoms with Gasteiger partial charge in [0.2, 0.25) is 5.91 Å². The summed E-state index contributed by atoms with van der Waals surface area (Å²) in [5.41, 5.74) is 5.78. The summed E-state index contributed by atoms with van der Waals surface area (Å²) in [5, 5.41) is 11.6. The summed E-state index contributed by atoms with van der Waals surface area (Å²) in [6.45, 7) is 4.83. The van der Waals surface area contributed by atoms with E-state index < -0.39 is 0 Å². The van der Waals surface area contributed by atoms with Gasteiger partial charge in [0.05, 0.1) is 25.1 Å². The Hall–Kier alpha value is -3.94. The average molecular weight is 532 g/mol. The normalized spacial score (nSPS) is 11.0. The number of hydrazone groups is 1. The van der Waals surface area contributed by atoms with Crippen molar-refractivity contribution in [3.05, 3.63) is 66.4 Å². The van der Waals surface area contributed by atoms with Crippen molar-refractivity contribution >= 4 is 18.0 Å². The number of nitrogens with one attached hydrogen (secondary N) is 2. The van der Waals surface area contributed by atoms with Crippen molar-refractivity contribution in [2.45, 2.75) is 71.6 Å². The summed E-state index contributed by atoms with van der Waals surface area (Å²) in [7, 11) is 0. The van der Waals surface area contributed by atoms with E-state index in [0.717, 1.165) is 53.9 Å². The van der Waals surface area contributed by atoms with Gasteiger partial charge < -0.3 is 10.1 Å². The molecule has 0 saturated carbocycles. The number of unbranched alkanes of at least 4 members (excludes halogenated alkanes) is 6. The Morgan fingerprint density at radius 2 is 1.62 bits per heavy atom. The molecule has 0 bridgehead atoms. The van der Waals surface area contributed by atoms with Crippen LogP contribution in [0, 0.1) is 0 Å². The number of rotatable bonds is 17. The highest BCUT2D eigenvalue weighted by Crippen LogP contribution is 2.25. The van der Waals surface area contributed by atoms with Crippen molar-refractivity contribution < 1.29 is 14.3 Å². The first-order chi connectivity index (χ1) is 19.1. The SMILES string of the molecule is CCCCCCCCCC(=O)NCC(=O)NN=Cc1cn(-c2ccccc2)nc1-c1ccc(OCCC)cc1. The Morgan fingerprint density at radius 1 is 0.897 bits per heavy atom. The maximum Gasteiger partial charge on any atom is 0.259 e. The van der Waals surface area contributed by atoms with Gasteiger partial charge in [-0.15, -0.1) is 0 Å². The molecule has 0 aliphatic carbocycles. The number of para-hydroxylation sites is 1. The smallest absolute Gasteiger partial charge is 0.259 e. The number of carbonyl (C=O) groups is 2. The predicted octanol–water partition coefficient (Wildman–Crippen LogP) is 6.04. The van der Waals surface area contributed by atoms with E-state index in [2.05, 4.69) is 29.7 Å². The van der Waals surface area contributed by atoms with Crippen LogP contribution in [0.5, 0.6) is 5.75 Å². The molecule has 0 aliphatic heterocycles. The van der Waals surface area contributed by atoms with Gasteiger partial charge in [0.1, 0.15) is 11.4 Å². The van der Waals surface area contributed by atoms with Gasteiger partial charge in [-0.3, -0.25) is 9.59 Å². The van der Waals surface area contributed by atoms with E-state index in [4.69, 9.17) is 9.84 Å². The minimum atomic E-state index is -0.381. The molecule has 0 spiro atoms. The standard InChI is InChI=1S/C31H41N5O3/c1-3-5-6-7-8-9-13-16-29(37)32-23-30(38)34-33-22-26-24-36(27-14-11-10-12-15-27)35-31(26)25-17-19-28(20-18-25)39-21-4-2/h10-12,14-15,17-20,22,24H,3-9,13,16,21,23H2,1-2H3,(H,32,37)(H,34,38). The zero-order valence-corrected chi connectivity index (χ0v) is 23.2. The van der Waals surface area contributed by atoms with Crippen LogP contribution in [0.4, 0.5) is 0 Å². The molecule has 2 amide bonds. The molecule has 0 fully saturated rings. The third-order valence-corrected chi connectivity index (χ3v) is 6.21. The number of hydrogen-bond donors (Lipinski definition) is 2. The highest BCUT2D eigenvalue weighted by atomic mass is 16.5. The quantitative estimate of drug-likeness (QED) is 0.126. The molecule has 3 aromatic rings. The number of carbonyl (C=O) groups excluding carboxylic acids is 2. The van der Waals surface area contributed by atoms with Gasteiger partial charge in [-0.1, -0.05) is 70.6 Å². The van der Waals surface area contributed by atoms with E-state index in [9.17, 15) is 9.59 Å². The number of hydrogen-bond acceptors (Lipinski definition) is 5. The number of aromatic nitrogens is 2. The first-order valence-corrected chi connectivity index (χ1v) is 14.1. The minimum Gasteiger partial charge on any atom is -0.494 e. The molecule has 0 radical (unpaired) electrons. The third-order valence-electron chi connectivity index (χ3n) is 6.21. The predicted molar refractivity (Wildman–Crippen MR) is 156 cm³/mol. The fraction of sp³-hybridized carbons (Fsp3) is 0.419. The van der Waals surface area contributed by atoms with E-state index in [1.54, 1.807) is 10.9 Å². The monoisotopic (exact) mass is 531 g/mol. The molecule has 0 aliphatic rings. The summed E-state index contributed by atoms with van der Waals surface area (Å²) >= 11 is 0. The van der Waals surface area contributed by atoms with Crippen molar-refractivity contribution in [3.8, 4) is 22.7 Å². The lowest BCUT2D eigenvalue weighted by Gasteiger charge is -2.05. The molecule has 39 heavy (non-hydrogen) atoms. The Balaban J connectivity index is 1.55. The molecular weight excluding hydrogens is 490 g/mol. The summed E-state index contributed by atoms with van der Waals surface area (Å²) in [6.07, 6.45) is 12.9. The molecule has 1 heterocycles. The molecule has 0 saturated heterocycles.